The summed E-state index contributed by atoms with van der Waals surface area (Å²) in [7, 11) is 0. The minimum atomic E-state index is 0.431. The summed E-state index contributed by atoms with van der Waals surface area (Å²) in [4.78, 5) is 0. The highest BCUT2D eigenvalue weighted by atomic mass is 14.9. The van der Waals surface area contributed by atoms with Crippen LogP contribution < -0.4 is 11.1 Å². The van der Waals surface area contributed by atoms with Crippen molar-refractivity contribution in [3.8, 4) is 0 Å². The summed E-state index contributed by atoms with van der Waals surface area (Å²) in [5.41, 5.74) is 5.87. The summed E-state index contributed by atoms with van der Waals surface area (Å²) in [6, 6.07) is 1.09. The van der Waals surface area contributed by atoms with E-state index in [4.69, 9.17) is 5.73 Å². The molecular formula is C10H20N2. The molecule has 1 aliphatic carbocycles. The molecule has 0 heterocycles. The van der Waals surface area contributed by atoms with Crippen molar-refractivity contribution in [3.63, 3.8) is 0 Å². The molecule has 0 aromatic carbocycles. The smallest absolute Gasteiger partial charge is 0.00819 e. The molecule has 2 heteroatoms. The van der Waals surface area contributed by atoms with Gasteiger partial charge in [0, 0.05) is 12.1 Å². The number of rotatable bonds is 4. The highest BCUT2D eigenvalue weighted by Crippen LogP contribution is 2.16. The van der Waals surface area contributed by atoms with E-state index in [1.54, 1.807) is 0 Å². The number of nitrogens with one attached hydrogen (secondary N) is 1. The van der Waals surface area contributed by atoms with Crippen molar-refractivity contribution < 1.29 is 0 Å². The van der Waals surface area contributed by atoms with Gasteiger partial charge in [0.25, 0.3) is 0 Å². The molecule has 0 spiro atoms. The Kier molecular flexibility index (Phi) is 4.33. The van der Waals surface area contributed by atoms with Crippen molar-refractivity contribution >= 4 is 0 Å². The summed E-state index contributed by atoms with van der Waals surface area (Å²) in [6.45, 7) is 4.75. The molecule has 0 aromatic heterocycles. The van der Waals surface area contributed by atoms with E-state index >= 15 is 0 Å². The fraction of sp³-hybridized carbons (Fsp3) is 0.800. The van der Waals surface area contributed by atoms with Gasteiger partial charge in [-0.05, 0) is 32.2 Å². The Balaban J connectivity index is 2.09. The van der Waals surface area contributed by atoms with Crippen molar-refractivity contribution in [2.24, 2.45) is 5.73 Å². The summed E-state index contributed by atoms with van der Waals surface area (Å²) in [5.74, 6) is 0. The molecule has 2 unspecified atom stereocenters. The molecule has 0 amide bonds. The van der Waals surface area contributed by atoms with E-state index in [-0.39, 0.29) is 0 Å². The molecule has 1 aliphatic rings. The Morgan fingerprint density at radius 1 is 1.50 bits per heavy atom. The third-order valence-corrected chi connectivity index (χ3v) is 2.50. The molecule has 0 aliphatic heterocycles. The molecule has 12 heavy (non-hydrogen) atoms. The Hall–Kier alpha value is -0.340. The number of hydrogen-bond acceptors (Lipinski definition) is 2. The van der Waals surface area contributed by atoms with Crippen molar-refractivity contribution in [2.75, 3.05) is 6.54 Å². The lowest BCUT2D eigenvalue weighted by Crippen LogP contribution is -2.39. The standard InChI is InChI=1S/C10H20N2/c1-2-3-7-12-10-6-4-5-9(11)8-10/h2,9-10,12H,1,3-8,11H2. The fourth-order valence-electron chi connectivity index (χ4n) is 1.80. The van der Waals surface area contributed by atoms with Gasteiger partial charge < -0.3 is 11.1 Å². The molecule has 0 saturated heterocycles. The molecule has 70 valence electrons. The normalized spacial score (nSPS) is 30.1. The first-order valence-electron chi connectivity index (χ1n) is 4.93. The average molecular weight is 168 g/mol. The molecule has 1 saturated carbocycles. The van der Waals surface area contributed by atoms with Crippen LogP contribution in [-0.2, 0) is 0 Å². The van der Waals surface area contributed by atoms with E-state index in [0.29, 0.717) is 12.1 Å². The minimum Gasteiger partial charge on any atom is -0.328 e. The molecule has 0 radical (unpaired) electrons. The largest absolute Gasteiger partial charge is 0.328 e. The predicted molar refractivity (Wildman–Crippen MR) is 53.0 cm³/mol. The zero-order valence-electron chi connectivity index (χ0n) is 7.76. The third-order valence-electron chi connectivity index (χ3n) is 2.50. The monoisotopic (exact) mass is 168 g/mol. The SMILES string of the molecule is C=CCCNC1CCCC(N)C1. The summed E-state index contributed by atoms with van der Waals surface area (Å²) < 4.78 is 0. The van der Waals surface area contributed by atoms with E-state index in [1.165, 1.54) is 19.3 Å². The average Bonchev–Trinajstić information content (AvgIpc) is 2.05. The van der Waals surface area contributed by atoms with Crippen molar-refractivity contribution in [2.45, 2.75) is 44.2 Å². The van der Waals surface area contributed by atoms with Crippen LogP contribution in [0.4, 0.5) is 0 Å². The molecule has 2 nitrogen and oxygen atoms in total. The van der Waals surface area contributed by atoms with Crippen LogP contribution >= 0.6 is 0 Å². The van der Waals surface area contributed by atoms with Crippen LogP contribution in [-0.4, -0.2) is 18.6 Å². The molecule has 2 atom stereocenters. The first kappa shape index (κ1) is 9.75. The minimum absolute atomic E-state index is 0.431. The lowest BCUT2D eigenvalue weighted by Gasteiger charge is -2.27. The van der Waals surface area contributed by atoms with E-state index in [0.717, 1.165) is 19.4 Å². The van der Waals surface area contributed by atoms with Gasteiger partial charge in [0.15, 0.2) is 0 Å². The van der Waals surface area contributed by atoms with Crippen molar-refractivity contribution in [3.05, 3.63) is 12.7 Å². The van der Waals surface area contributed by atoms with Gasteiger partial charge in [-0.1, -0.05) is 12.5 Å². The Bertz CT molecular complexity index is 134. The van der Waals surface area contributed by atoms with Gasteiger partial charge in [-0.25, -0.2) is 0 Å². The maximum atomic E-state index is 5.87. The van der Waals surface area contributed by atoms with Crippen LogP contribution in [0.25, 0.3) is 0 Å². The topological polar surface area (TPSA) is 38.0 Å². The maximum absolute atomic E-state index is 5.87. The third kappa shape index (κ3) is 3.37. The molecule has 0 bridgehead atoms. The Labute approximate surface area is 75.2 Å². The van der Waals surface area contributed by atoms with Gasteiger partial charge in [0.2, 0.25) is 0 Å². The second-order valence-electron chi connectivity index (χ2n) is 3.66. The predicted octanol–water partition coefficient (Wildman–Crippen LogP) is 1.42. The molecule has 1 rings (SSSR count). The summed E-state index contributed by atoms with van der Waals surface area (Å²) in [5, 5.41) is 3.50. The second-order valence-corrected chi connectivity index (χ2v) is 3.66. The van der Waals surface area contributed by atoms with Gasteiger partial charge in [-0.3, -0.25) is 0 Å². The number of nitrogens with two attached hydrogens (primary N) is 1. The molecule has 3 N–H and O–H groups in total. The Morgan fingerprint density at radius 3 is 3.00 bits per heavy atom. The first-order chi connectivity index (χ1) is 5.83. The van der Waals surface area contributed by atoms with Crippen molar-refractivity contribution in [1.82, 2.24) is 5.32 Å². The van der Waals surface area contributed by atoms with E-state index in [9.17, 15) is 0 Å². The van der Waals surface area contributed by atoms with E-state index in [2.05, 4.69) is 11.9 Å². The highest BCUT2D eigenvalue weighted by molar-refractivity contribution is 4.80. The second kappa shape index (κ2) is 5.33. The first-order valence-corrected chi connectivity index (χ1v) is 4.93. The maximum Gasteiger partial charge on any atom is 0.00819 e. The molecule has 0 aromatic rings. The van der Waals surface area contributed by atoms with Gasteiger partial charge in [0.1, 0.15) is 0 Å². The van der Waals surface area contributed by atoms with E-state index < -0.39 is 0 Å². The zero-order valence-corrected chi connectivity index (χ0v) is 7.76. The van der Waals surface area contributed by atoms with Crippen LogP contribution in [0.5, 0.6) is 0 Å². The summed E-state index contributed by atoms with van der Waals surface area (Å²) in [6.07, 6.45) is 7.95. The van der Waals surface area contributed by atoms with Crippen LogP contribution in [0.2, 0.25) is 0 Å². The lowest BCUT2D eigenvalue weighted by atomic mass is 9.91. The number of hydrogen-bond donors (Lipinski definition) is 2. The van der Waals surface area contributed by atoms with Crippen LogP contribution in [0.15, 0.2) is 12.7 Å². The van der Waals surface area contributed by atoms with Crippen molar-refractivity contribution in [1.29, 1.82) is 0 Å². The summed E-state index contributed by atoms with van der Waals surface area (Å²) >= 11 is 0. The Morgan fingerprint density at radius 2 is 2.33 bits per heavy atom. The van der Waals surface area contributed by atoms with Gasteiger partial charge in [-0.15, -0.1) is 6.58 Å². The van der Waals surface area contributed by atoms with E-state index in [1.807, 2.05) is 6.08 Å². The van der Waals surface area contributed by atoms with Crippen LogP contribution in [0.1, 0.15) is 32.1 Å². The fourth-order valence-corrected chi connectivity index (χ4v) is 1.80. The van der Waals surface area contributed by atoms with Gasteiger partial charge in [-0.2, -0.15) is 0 Å². The highest BCUT2D eigenvalue weighted by Gasteiger charge is 2.17. The molecular weight excluding hydrogens is 148 g/mol. The lowest BCUT2D eigenvalue weighted by molar-refractivity contribution is 0.342. The van der Waals surface area contributed by atoms with Gasteiger partial charge in [0.05, 0.1) is 0 Å². The van der Waals surface area contributed by atoms with Gasteiger partial charge >= 0.3 is 0 Å². The van der Waals surface area contributed by atoms with Crippen LogP contribution in [0.3, 0.4) is 0 Å². The quantitative estimate of drug-likeness (QED) is 0.492. The molecule has 1 fully saturated rings. The zero-order chi connectivity index (χ0) is 8.81. The van der Waals surface area contributed by atoms with Crippen LogP contribution in [0, 0.1) is 0 Å².